The Kier molecular flexibility index (Phi) is 5.14. The van der Waals surface area contributed by atoms with Crippen LogP contribution in [0.5, 0.6) is 0 Å². The molecule has 0 bridgehead atoms. The van der Waals surface area contributed by atoms with Crippen molar-refractivity contribution in [2.24, 2.45) is 7.05 Å². The summed E-state index contributed by atoms with van der Waals surface area (Å²) < 4.78 is 8.10. The van der Waals surface area contributed by atoms with Gasteiger partial charge in [-0.15, -0.1) is 0 Å². The minimum Gasteiger partial charge on any atom is -0.451 e. The van der Waals surface area contributed by atoms with E-state index in [1.807, 2.05) is 60.3 Å². The van der Waals surface area contributed by atoms with Crippen LogP contribution in [0.25, 0.3) is 6.08 Å². The van der Waals surface area contributed by atoms with Gasteiger partial charge in [-0.05, 0) is 46.4 Å². The van der Waals surface area contributed by atoms with Gasteiger partial charge >= 0.3 is 0 Å². The van der Waals surface area contributed by atoms with Gasteiger partial charge in [-0.2, -0.15) is 0 Å². The van der Waals surface area contributed by atoms with Crippen molar-refractivity contribution < 1.29 is 9.21 Å². The number of hydrogen-bond donors (Lipinski definition) is 1. The Bertz CT molecular complexity index is 852. The summed E-state index contributed by atoms with van der Waals surface area (Å²) in [6.45, 7) is 0. The first-order valence-corrected chi connectivity index (χ1v) is 8.47. The second-order valence-electron chi connectivity index (χ2n) is 5.22. The summed E-state index contributed by atoms with van der Waals surface area (Å²) in [6, 6.07) is 13.1. The van der Waals surface area contributed by atoms with Gasteiger partial charge in [-0.25, -0.2) is 4.98 Å². The van der Waals surface area contributed by atoms with Crippen LogP contribution in [-0.2, 0) is 11.8 Å². The average molecular weight is 433 g/mol. The number of carbonyl (C=O) groups is 1. The Morgan fingerprint density at radius 3 is 2.71 bits per heavy atom. The van der Waals surface area contributed by atoms with Crippen LogP contribution in [-0.4, -0.2) is 15.5 Å². The Morgan fingerprint density at radius 1 is 1.29 bits per heavy atom. The largest absolute Gasteiger partial charge is 0.451 e. The van der Waals surface area contributed by atoms with E-state index < -0.39 is 0 Å². The molecule has 1 N–H and O–H groups in total. The highest BCUT2D eigenvalue weighted by Crippen LogP contribution is 2.20. The summed E-state index contributed by atoms with van der Waals surface area (Å²) in [4.78, 5) is 16.7. The van der Waals surface area contributed by atoms with Crippen molar-refractivity contribution in [1.29, 1.82) is 0 Å². The number of imidazole rings is 1. The summed E-state index contributed by atoms with van der Waals surface area (Å²) in [6.07, 6.45) is 6.70. The fourth-order valence-electron chi connectivity index (χ4n) is 2.36. The third-order valence-electron chi connectivity index (χ3n) is 3.53. The number of hydrogen-bond acceptors (Lipinski definition) is 3. The molecule has 0 spiro atoms. The van der Waals surface area contributed by atoms with Crippen molar-refractivity contribution in [3.05, 3.63) is 81.8 Å². The number of furan rings is 1. The number of aryl methyl sites for hydroxylation is 1. The minimum atomic E-state index is -0.319. The fraction of sp³-hybridized carbons (Fsp3) is 0.111. The molecule has 0 radical (unpaired) electrons. The molecule has 0 aliphatic carbocycles. The molecule has 24 heavy (non-hydrogen) atoms. The van der Waals surface area contributed by atoms with Gasteiger partial charge in [0.25, 0.3) is 0 Å². The molecule has 3 aromatic rings. The molecule has 6 heteroatoms. The van der Waals surface area contributed by atoms with Crippen LogP contribution >= 0.6 is 22.6 Å². The molecule has 0 saturated carbocycles. The van der Waals surface area contributed by atoms with Gasteiger partial charge in [0.05, 0.1) is 0 Å². The Balaban J connectivity index is 1.80. The highest BCUT2D eigenvalue weighted by atomic mass is 127. The minimum absolute atomic E-state index is 0.210. The van der Waals surface area contributed by atoms with Crippen LogP contribution in [0.15, 0.2) is 65.4 Å². The van der Waals surface area contributed by atoms with Gasteiger partial charge in [0.15, 0.2) is 3.77 Å². The maximum absolute atomic E-state index is 12.3. The molecule has 5 nitrogen and oxygen atoms in total. The van der Waals surface area contributed by atoms with Crippen molar-refractivity contribution in [1.82, 2.24) is 14.9 Å². The number of benzene rings is 1. The lowest BCUT2D eigenvalue weighted by Gasteiger charge is -2.18. The van der Waals surface area contributed by atoms with Crippen LogP contribution in [0.2, 0.25) is 0 Å². The van der Waals surface area contributed by atoms with Gasteiger partial charge < -0.3 is 14.3 Å². The van der Waals surface area contributed by atoms with Crippen molar-refractivity contribution in [2.75, 3.05) is 0 Å². The molecule has 2 aromatic heterocycles. The van der Waals surface area contributed by atoms with Crippen molar-refractivity contribution in [3.63, 3.8) is 0 Å². The SMILES string of the molecule is Cn1ccnc1[C@@H](NC(=O)/C=C\c1ccc(I)o1)c1ccccc1. The van der Waals surface area contributed by atoms with Crippen molar-refractivity contribution >= 4 is 34.6 Å². The van der Waals surface area contributed by atoms with Gasteiger partial charge in [0.1, 0.15) is 17.6 Å². The van der Waals surface area contributed by atoms with E-state index in [-0.39, 0.29) is 11.9 Å². The third-order valence-corrected chi connectivity index (χ3v) is 4.11. The molecule has 1 aromatic carbocycles. The van der Waals surface area contributed by atoms with E-state index in [0.717, 1.165) is 15.2 Å². The molecule has 0 aliphatic rings. The number of carbonyl (C=O) groups excluding carboxylic acids is 1. The van der Waals surface area contributed by atoms with Crippen LogP contribution in [0.3, 0.4) is 0 Å². The van der Waals surface area contributed by atoms with Crippen LogP contribution < -0.4 is 5.32 Å². The van der Waals surface area contributed by atoms with Crippen molar-refractivity contribution in [2.45, 2.75) is 6.04 Å². The van der Waals surface area contributed by atoms with Crippen LogP contribution in [0.4, 0.5) is 0 Å². The number of nitrogens with zero attached hydrogens (tertiary/aromatic N) is 2. The number of halogens is 1. The monoisotopic (exact) mass is 433 g/mol. The van der Waals surface area contributed by atoms with E-state index in [2.05, 4.69) is 32.9 Å². The molecule has 0 unspecified atom stereocenters. The van der Waals surface area contributed by atoms with Gasteiger partial charge in [-0.3, -0.25) is 4.79 Å². The van der Waals surface area contributed by atoms with E-state index in [4.69, 9.17) is 4.42 Å². The summed E-state index contributed by atoms with van der Waals surface area (Å²) in [5.74, 6) is 1.21. The lowest BCUT2D eigenvalue weighted by Crippen LogP contribution is -2.29. The predicted molar refractivity (Wildman–Crippen MR) is 100 cm³/mol. The van der Waals surface area contributed by atoms with E-state index in [1.54, 1.807) is 12.3 Å². The number of aromatic nitrogens is 2. The first-order chi connectivity index (χ1) is 11.6. The highest BCUT2D eigenvalue weighted by molar-refractivity contribution is 14.1. The zero-order chi connectivity index (χ0) is 16.9. The van der Waals surface area contributed by atoms with E-state index >= 15 is 0 Å². The molecular formula is C18H16IN3O2. The fourth-order valence-corrected chi connectivity index (χ4v) is 2.80. The Labute approximate surface area is 153 Å². The molecule has 3 rings (SSSR count). The zero-order valence-electron chi connectivity index (χ0n) is 13.0. The zero-order valence-corrected chi connectivity index (χ0v) is 15.2. The molecule has 0 saturated heterocycles. The molecule has 122 valence electrons. The predicted octanol–water partition coefficient (Wildman–Crippen LogP) is 3.54. The second-order valence-corrected chi connectivity index (χ2v) is 6.29. The third kappa shape index (κ3) is 3.94. The maximum atomic E-state index is 12.3. The van der Waals surface area contributed by atoms with Gasteiger partial charge in [-0.1, -0.05) is 30.3 Å². The number of rotatable bonds is 5. The second kappa shape index (κ2) is 7.48. The normalized spacial score (nSPS) is 12.4. The maximum Gasteiger partial charge on any atom is 0.244 e. The van der Waals surface area contributed by atoms with Gasteiger partial charge in [0, 0.05) is 25.5 Å². The quantitative estimate of drug-likeness (QED) is 0.495. The van der Waals surface area contributed by atoms with E-state index in [1.165, 1.54) is 6.08 Å². The van der Waals surface area contributed by atoms with Crippen molar-refractivity contribution in [3.8, 4) is 0 Å². The first kappa shape index (κ1) is 16.5. The topological polar surface area (TPSA) is 60.1 Å². The van der Waals surface area contributed by atoms with Gasteiger partial charge in [0.2, 0.25) is 5.91 Å². The molecule has 1 atom stereocenters. The highest BCUT2D eigenvalue weighted by Gasteiger charge is 2.19. The number of amides is 1. The Hall–Kier alpha value is -2.35. The summed E-state index contributed by atoms with van der Waals surface area (Å²) in [5.41, 5.74) is 0.973. The number of nitrogens with one attached hydrogen (secondary N) is 1. The molecule has 1 amide bonds. The van der Waals surface area contributed by atoms with E-state index in [9.17, 15) is 4.79 Å². The summed E-state index contributed by atoms with van der Waals surface area (Å²) >= 11 is 2.08. The Morgan fingerprint density at radius 2 is 2.08 bits per heavy atom. The average Bonchev–Trinajstić information content (AvgIpc) is 3.20. The lowest BCUT2D eigenvalue weighted by molar-refractivity contribution is -0.117. The molecule has 2 heterocycles. The lowest BCUT2D eigenvalue weighted by atomic mass is 10.1. The van der Waals surface area contributed by atoms with Crippen LogP contribution in [0, 0.1) is 3.77 Å². The molecular weight excluding hydrogens is 417 g/mol. The summed E-state index contributed by atoms with van der Waals surface area (Å²) in [7, 11) is 1.91. The van der Waals surface area contributed by atoms with E-state index in [0.29, 0.717) is 5.76 Å². The molecule has 0 aliphatic heterocycles. The van der Waals surface area contributed by atoms with Crippen LogP contribution in [0.1, 0.15) is 23.2 Å². The molecule has 0 fully saturated rings. The standard InChI is InChI=1S/C18H16IN3O2/c1-22-12-11-20-18(22)17(13-5-3-2-4-6-13)21-16(23)10-8-14-7-9-15(19)24-14/h2-12,17H,1H3,(H,21,23)/b10-8-/t17-/m0/s1. The smallest absolute Gasteiger partial charge is 0.244 e. The summed E-state index contributed by atoms with van der Waals surface area (Å²) in [5, 5.41) is 3.00. The first-order valence-electron chi connectivity index (χ1n) is 7.39.